The normalized spacial score (nSPS) is 16.2. The topological polar surface area (TPSA) is 103 Å². The van der Waals surface area contributed by atoms with E-state index in [1.165, 1.54) is 0 Å². The molecule has 0 aromatic carbocycles. The van der Waals surface area contributed by atoms with Crippen molar-refractivity contribution in [3.8, 4) is 17.0 Å². The number of hydrogen-bond donors (Lipinski definition) is 1. The van der Waals surface area contributed by atoms with Crippen LogP contribution < -0.4 is 9.64 Å². The molecule has 10 heteroatoms. The number of rotatable bonds is 9. The number of nitrogens with zero attached hydrogens (tertiary/aromatic N) is 5. The molecular formula is C29H38ClN5O4. The molecule has 3 aromatic rings. The summed E-state index contributed by atoms with van der Waals surface area (Å²) in [6.45, 7) is 14.5. The zero-order valence-corrected chi connectivity index (χ0v) is 24.3. The van der Waals surface area contributed by atoms with Crippen molar-refractivity contribution in [1.82, 2.24) is 19.7 Å². The molecule has 1 atom stereocenters. The minimum absolute atomic E-state index is 0.228. The van der Waals surface area contributed by atoms with E-state index in [1.807, 2.05) is 39.8 Å². The van der Waals surface area contributed by atoms with Crippen molar-refractivity contribution in [1.29, 1.82) is 0 Å². The minimum Gasteiger partial charge on any atom is -0.490 e. The highest BCUT2D eigenvalue weighted by Crippen LogP contribution is 2.43. The summed E-state index contributed by atoms with van der Waals surface area (Å²) in [5.41, 5.74) is 3.07. The highest BCUT2D eigenvalue weighted by Gasteiger charge is 2.36. The number of hydrogen-bond acceptors (Lipinski definition) is 7. The molecule has 1 aliphatic rings. The molecule has 0 saturated carbocycles. The third-order valence-electron chi connectivity index (χ3n) is 6.88. The Morgan fingerprint density at radius 3 is 2.44 bits per heavy atom. The fourth-order valence-electron chi connectivity index (χ4n) is 4.72. The van der Waals surface area contributed by atoms with Gasteiger partial charge >= 0.3 is 5.97 Å². The van der Waals surface area contributed by atoms with Crippen LogP contribution in [0.3, 0.4) is 0 Å². The maximum Gasteiger partial charge on any atom is 0.337 e. The first-order valence-electron chi connectivity index (χ1n) is 13.3. The third kappa shape index (κ3) is 7.28. The van der Waals surface area contributed by atoms with E-state index in [1.54, 1.807) is 29.5 Å². The predicted octanol–water partition coefficient (Wildman–Crippen LogP) is 5.95. The van der Waals surface area contributed by atoms with Crippen LogP contribution in [0.4, 0.5) is 5.69 Å². The fraction of sp³-hybridized carbons (Fsp3) is 0.517. The molecule has 0 spiro atoms. The van der Waals surface area contributed by atoms with Crippen molar-refractivity contribution in [3.05, 3.63) is 53.2 Å². The summed E-state index contributed by atoms with van der Waals surface area (Å²) in [5, 5.41) is 15.0. The largest absolute Gasteiger partial charge is 0.490 e. The maximum atomic E-state index is 12.5. The van der Waals surface area contributed by atoms with Gasteiger partial charge in [-0.3, -0.25) is 14.6 Å². The molecular weight excluding hydrogens is 518 g/mol. The smallest absolute Gasteiger partial charge is 0.337 e. The first kappa shape index (κ1) is 28.8. The van der Waals surface area contributed by atoms with Crippen molar-refractivity contribution in [2.24, 2.45) is 5.41 Å². The number of aryl methyl sites for hydroxylation is 1. The molecule has 0 amide bonds. The molecule has 39 heavy (non-hydrogen) atoms. The van der Waals surface area contributed by atoms with Crippen molar-refractivity contribution in [2.45, 2.75) is 72.6 Å². The van der Waals surface area contributed by atoms with Gasteiger partial charge in [-0.1, -0.05) is 25.4 Å². The van der Waals surface area contributed by atoms with E-state index in [-0.39, 0.29) is 5.41 Å². The van der Waals surface area contributed by atoms with Crippen LogP contribution in [0, 0.1) is 12.3 Å². The average molecular weight is 556 g/mol. The van der Waals surface area contributed by atoms with E-state index in [9.17, 15) is 9.90 Å². The molecule has 3 aromatic heterocycles. The number of aromatic nitrogens is 4. The Labute approximate surface area is 235 Å². The SMILES string of the molecule is Cc1ncc(-c2ccc(OCCn3cc(Cl)cn3)cn2)c(N2CCC(C)(C)CC2)c1C(OC(C)(C)C)C(=O)O. The standard InChI is InChI=1S/C29H38ClN5O4/c1-19-24(26(27(36)37)39-28(2,3)4)25(34-11-9-29(5,6)10-12-34)22(17-31-19)23-8-7-21(16-32-23)38-14-13-35-18-20(30)15-33-35/h7-8,15-18,26H,9-14H2,1-6H3,(H,36,37). The van der Waals surface area contributed by atoms with Gasteiger partial charge < -0.3 is 19.5 Å². The van der Waals surface area contributed by atoms with Crippen LogP contribution >= 0.6 is 11.6 Å². The molecule has 9 nitrogen and oxygen atoms in total. The first-order chi connectivity index (χ1) is 18.3. The summed E-state index contributed by atoms with van der Waals surface area (Å²) in [6, 6.07) is 3.75. The predicted molar refractivity (Wildman–Crippen MR) is 151 cm³/mol. The maximum absolute atomic E-state index is 12.5. The molecule has 1 N–H and O–H groups in total. The monoisotopic (exact) mass is 555 g/mol. The Bertz CT molecular complexity index is 1290. The molecule has 0 bridgehead atoms. The Balaban J connectivity index is 1.69. The van der Waals surface area contributed by atoms with Gasteiger partial charge in [0.1, 0.15) is 12.4 Å². The zero-order valence-electron chi connectivity index (χ0n) is 23.6. The number of aliphatic carboxylic acids is 1. The van der Waals surface area contributed by atoms with Crippen molar-refractivity contribution in [2.75, 3.05) is 24.6 Å². The fourth-order valence-corrected chi connectivity index (χ4v) is 4.87. The summed E-state index contributed by atoms with van der Waals surface area (Å²) in [6.07, 6.45) is 7.61. The van der Waals surface area contributed by atoms with Gasteiger partial charge in [-0.05, 0) is 58.1 Å². The van der Waals surface area contributed by atoms with Gasteiger partial charge in [-0.15, -0.1) is 0 Å². The second-order valence-electron chi connectivity index (χ2n) is 11.8. The quantitative estimate of drug-likeness (QED) is 0.345. The van der Waals surface area contributed by atoms with E-state index in [0.29, 0.717) is 40.9 Å². The van der Waals surface area contributed by atoms with Crippen LogP contribution in [0.15, 0.2) is 36.9 Å². The third-order valence-corrected chi connectivity index (χ3v) is 7.08. The lowest BCUT2D eigenvalue weighted by atomic mass is 9.82. The number of carboxylic acids is 1. The number of piperidine rings is 1. The van der Waals surface area contributed by atoms with Gasteiger partial charge in [0.2, 0.25) is 0 Å². The summed E-state index contributed by atoms with van der Waals surface area (Å²) in [4.78, 5) is 24.1. The lowest BCUT2D eigenvalue weighted by molar-refractivity contribution is -0.160. The molecule has 210 valence electrons. The van der Waals surface area contributed by atoms with E-state index in [4.69, 9.17) is 21.1 Å². The number of ether oxygens (including phenoxy) is 2. The number of pyridine rings is 2. The van der Waals surface area contributed by atoms with Crippen LogP contribution in [0.5, 0.6) is 5.75 Å². The van der Waals surface area contributed by atoms with Crippen LogP contribution in [0.25, 0.3) is 11.3 Å². The Kier molecular flexibility index (Phi) is 8.51. The Morgan fingerprint density at radius 1 is 1.15 bits per heavy atom. The van der Waals surface area contributed by atoms with Gasteiger partial charge in [0.25, 0.3) is 0 Å². The second kappa shape index (κ2) is 11.5. The highest BCUT2D eigenvalue weighted by molar-refractivity contribution is 6.30. The van der Waals surface area contributed by atoms with Crippen molar-refractivity contribution in [3.63, 3.8) is 0 Å². The average Bonchev–Trinajstić information content (AvgIpc) is 3.27. The molecule has 1 aliphatic heterocycles. The van der Waals surface area contributed by atoms with Crippen LogP contribution in [0.2, 0.25) is 5.02 Å². The Morgan fingerprint density at radius 2 is 1.87 bits per heavy atom. The van der Waals surface area contributed by atoms with Crippen LogP contribution in [-0.2, 0) is 16.1 Å². The highest BCUT2D eigenvalue weighted by atomic mass is 35.5. The summed E-state index contributed by atoms with van der Waals surface area (Å²) in [7, 11) is 0. The Hall–Kier alpha value is -3.17. The number of halogens is 1. The zero-order chi connectivity index (χ0) is 28.4. The lowest BCUT2D eigenvalue weighted by Crippen LogP contribution is -2.39. The van der Waals surface area contributed by atoms with Gasteiger partial charge in [0.15, 0.2) is 6.10 Å². The molecule has 0 radical (unpaired) electrons. The van der Waals surface area contributed by atoms with Gasteiger partial charge in [-0.2, -0.15) is 5.10 Å². The van der Waals surface area contributed by atoms with Crippen molar-refractivity contribution < 1.29 is 19.4 Å². The molecule has 4 rings (SSSR count). The van der Waals surface area contributed by atoms with E-state index >= 15 is 0 Å². The van der Waals surface area contributed by atoms with Crippen LogP contribution in [-0.4, -0.2) is 56.1 Å². The molecule has 0 aliphatic carbocycles. The first-order valence-corrected chi connectivity index (χ1v) is 13.6. The lowest BCUT2D eigenvalue weighted by Gasteiger charge is -2.40. The summed E-state index contributed by atoms with van der Waals surface area (Å²) in [5.74, 6) is -0.418. The van der Waals surface area contributed by atoms with E-state index in [2.05, 4.69) is 33.8 Å². The summed E-state index contributed by atoms with van der Waals surface area (Å²) >= 11 is 5.92. The van der Waals surface area contributed by atoms with Gasteiger partial charge in [-0.25, -0.2) is 4.79 Å². The number of carbonyl (C=O) groups is 1. The summed E-state index contributed by atoms with van der Waals surface area (Å²) < 4.78 is 13.7. The molecule has 1 saturated heterocycles. The minimum atomic E-state index is -1.17. The van der Waals surface area contributed by atoms with Gasteiger partial charge in [0.05, 0.1) is 40.9 Å². The molecule has 1 unspecified atom stereocenters. The van der Waals surface area contributed by atoms with Crippen molar-refractivity contribution >= 4 is 23.3 Å². The van der Waals surface area contributed by atoms with E-state index in [0.717, 1.165) is 37.2 Å². The number of carboxylic acid groups (broad SMARTS) is 1. The molecule has 1 fully saturated rings. The van der Waals surface area contributed by atoms with Crippen LogP contribution in [0.1, 0.15) is 64.8 Å². The van der Waals surface area contributed by atoms with Gasteiger partial charge in [0, 0.05) is 42.3 Å². The molecule has 4 heterocycles. The second-order valence-corrected chi connectivity index (χ2v) is 12.2. The number of anilines is 1. The van der Waals surface area contributed by atoms with E-state index < -0.39 is 17.7 Å².